The maximum atomic E-state index is 12.6. The average molecular weight is 685 g/mol. The molecule has 0 amide bonds. The first-order valence-corrected chi connectivity index (χ1v) is 20.4. The molecule has 48 heavy (non-hydrogen) atoms. The number of carbonyl (C=O) groups excluding carboxylic acids is 2. The summed E-state index contributed by atoms with van der Waals surface area (Å²) in [7, 11) is 0. The van der Waals surface area contributed by atoms with Gasteiger partial charge in [-0.05, 0) is 39.5 Å². The van der Waals surface area contributed by atoms with E-state index in [1.54, 1.807) is 13.8 Å². The molecule has 0 saturated heterocycles. The number of rotatable bonds is 35. The van der Waals surface area contributed by atoms with Crippen LogP contribution in [0.3, 0.4) is 0 Å². The Morgan fingerprint density at radius 3 is 0.854 bits per heavy atom. The van der Waals surface area contributed by atoms with Crippen LogP contribution >= 0.6 is 0 Å². The summed E-state index contributed by atoms with van der Waals surface area (Å²) in [5.41, 5.74) is 12.1. The zero-order chi connectivity index (χ0) is 35.8. The Bertz CT molecular complexity index is 675. The number of esters is 2. The number of nitrogens with two attached hydrogens (primary N) is 2. The van der Waals surface area contributed by atoms with Crippen molar-refractivity contribution in [2.24, 2.45) is 11.5 Å². The highest BCUT2D eigenvalue weighted by atomic mass is 16.6. The van der Waals surface area contributed by atoms with Crippen LogP contribution in [0, 0.1) is 0 Å². The van der Waals surface area contributed by atoms with E-state index in [1.807, 2.05) is 0 Å². The SMILES string of the molecule is CCCCCCCCCCCCCCC[C@H](OC(=O)C(O)C(O)C(=O)O[C@@H](CCCCCCCCCCCCCCC)[C@@H](C)N)[C@@H](C)N. The van der Waals surface area contributed by atoms with Crippen LogP contribution in [0.4, 0.5) is 0 Å². The van der Waals surface area contributed by atoms with Crippen LogP contribution in [0.5, 0.6) is 0 Å². The molecule has 6 N–H and O–H groups in total. The van der Waals surface area contributed by atoms with Crippen LogP contribution in [0.15, 0.2) is 0 Å². The summed E-state index contributed by atoms with van der Waals surface area (Å²) in [6.45, 7) is 8.00. The van der Waals surface area contributed by atoms with Gasteiger partial charge in [0.1, 0.15) is 12.2 Å². The van der Waals surface area contributed by atoms with E-state index in [0.717, 1.165) is 38.5 Å². The van der Waals surface area contributed by atoms with Crippen molar-refractivity contribution in [3.8, 4) is 0 Å². The van der Waals surface area contributed by atoms with Gasteiger partial charge in [-0.3, -0.25) is 0 Å². The van der Waals surface area contributed by atoms with Gasteiger partial charge in [-0.2, -0.15) is 0 Å². The molecule has 0 fully saturated rings. The Hall–Kier alpha value is -1.22. The summed E-state index contributed by atoms with van der Waals surface area (Å²) in [5, 5.41) is 20.8. The highest BCUT2D eigenvalue weighted by Gasteiger charge is 2.36. The third-order valence-electron chi connectivity index (χ3n) is 9.67. The first kappa shape index (κ1) is 46.8. The molecular weight excluding hydrogens is 604 g/mol. The highest BCUT2D eigenvalue weighted by molar-refractivity contribution is 5.85. The van der Waals surface area contributed by atoms with E-state index in [0.29, 0.717) is 12.8 Å². The van der Waals surface area contributed by atoms with E-state index in [9.17, 15) is 19.8 Å². The van der Waals surface area contributed by atoms with Gasteiger partial charge in [-0.15, -0.1) is 0 Å². The van der Waals surface area contributed by atoms with E-state index in [4.69, 9.17) is 20.9 Å². The Morgan fingerprint density at radius 1 is 0.438 bits per heavy atom. The standard InChI is InChI=1S/C40H80N2O6/c1-5-7-9-11-13-15-17-19-21-23-25-27-29-31-35(33(3)41)47-39(45)37(43)38(44)40(46)48-36(34(4)42)32-30-28-26-24-22-20-18-16-14-12-10-8-6-2/h33-38,43-44H,5-32,41-42H2,1-4H3/t33-,34-,35+,36+,37?,38?/m1/s1. The summed E-state index contributed by atoms with van der Waals surface area (Å²) >= 11 is 0. The maximum absolute atomic E-state index is 12.6. The third-order valence-corrected chi connectivity index (χ3v) is 9.67. The van der Waals surface area contributed by atoms with Crippen molar-refractivity contribution in [1.29, 1.82) is 0 Å². The van der Waals surface area contributed by atoms with E-state index >= 15 is 0 Å². The summed E-state index contributed by atoms with van der Waals surface area (Å²) in [5.74, 6) is -2.13. The molecule has 0 aromatic carbocycles. The van der Waals surface area contributed by atoms with Crippen molar-refractivity contribution >= 4 is 11.9 Å². The molecule has 0 aromatic rings. The van der Waals surface area contributed by atoms with E-state index in [1.165, 1.54) is 128 Å². The second-order valence-corrected chi connectivity index (χ2v) is 14.6. The Kier molecular flexibility index (Phi) is 32.1. The molecule has 6 atom stereocenters. The van der Waals surface area contributed by atoms with Crippen molar-refractivity contribution in [1.82, 2.24) is 0 Å². The monoisotopic (exact) mass is 685 g/mol. The normalized spacial score (nSPS) is 15.4. The zero-order valence-corrected chi connectivity index (χ0v) is 31.9. The van der Waals surface area contributed by atoms with Gasteiger partial charge in [-0.1, -0.05) is 168 Å². The zero-order valence-electron chi connectivity index (χ0n) is 31.9. The van der Waals surface area contributed by atoms with Crippen molar-refractivity contribution in [2.45, 2.75) is 244 Å². The summed E-state index contributed by atoms with van der Waals surface area (Å²) < 4.78 is 10.9. The van der Waals surface area contributed by atoms with Gasteiger partial charge >= 0.3 is 11.9 Å². The van der Waals surface area contributed by atoms with Crippen molar-refractivity contribution in [3.63, 3.8) is 0 Å². The minimum atomic E-state index is -2.05. The fourth-order valence-corrected chi connectivity index (χ4v) is 6.28. The lowest BCUT2D eigenvalue weighted by molar-refractivity contribution is -0.180. The fourth-order valence-electron chi connectivity index (χ4n) is 6.28. The molecule has 0 saturated carbocycles. The minimum Gasteiger partial charge on any atom is -0.459 e. The molecule has 0 rings (SSSR count). The van der Waals surface area contributed by atoms with Crippen LogP contribution in [0.2, 0.25) is 0 Å². The van der Waals surface area contributed by atoms with E-state index in [2.05, 4.69) is 13.8 Å². The molecular formula is C40H80N2O6. The largest absolute Gasteiger partial charge is 0.459 e. The molecule has 8 heteroatoms. The summed E-state index contributed by atoms with van der Waals surface area (Å²) in [6.07, 6.45) is 28.2. The topological polar surface area (TPSA) is 145 Å². The number of hydrogen-bond acceptors (Lipinski definition) is 8. The highest BCUT2D eigenvalue weighted by Crippen LogP contribution is 2.18. The lowest BCUT2D eigenvalue weighted by Crippen LogP contribution is -2.47. The van der Waals surface area contributed by atoms with E-state index < -0.39 is 48.4 Å². The number of aliphatic hydroxyl groups is 2. The molecule has 0 bridgehead atoms. The molecule has 0 aromatic heterocycles. The van der Waals surface area contributed by atoms with Gasteiger partial charge in [0.05, 0.1) is 0 Å². The number of hydrogen-bond donors (Lipinski definition) is 4. The maximum Gasteiger partial charge on any atom is 0.338 e. The third kappa shape index (κ3) is 26.6. The van der Waals surface area contributed by atoms with Crippen LogP contribution < -0.4 is 11.5 Å². The van der Waals surface area contributed by atoms with Gasteiger partial charge in [0.15, 0.2) is 12.2 Å². The molecule has 2 unspecified atom stereocenters. The number of unbranched alkanes of at least 4 members (excludes halogenated alkanes) is 24. The number of carbonyl (C=O) groups is 2. The smallest absolute Gasteiger partial charge is 0.338 e. The molecule has 0 heterocycles. The summed E-state index contributed by atoms with van der Waals surface area (Å²) in [6, 6.07) is -0.879. The van der Waals surface area contributed by atoms with Crippen LogP contribution in [0.1, 0.15) is 207 Å². The van der Waals surface area contributed by atoms with Crippen molar-refractivity contribution in [3.05, 3.63) is 0 Å². The molecule has 8 nitrogen and oxygen atoms in total. The molecule has 0 aliphatic carbocycles. The van der Waals surface area contributed by atoms with Gasteiger partial charge in [0, 0.05) is 12.1 Å². The Balaban J connectivity index is 4.24. The van der Waals surface area contributed by atoms with Gasteiger partial charge in [0.25, 0.3) is 0 Å². The number of aliphatic hydroxyl groups excluding tert-OH is 2. The molecule has 286 valence electrons. The predicted molar refractivity (Wildman–Crippen MR) is 200 cm³/mol. The molecule has 0 aliphatic heterocycles. The molecule has 0 spiro atoms. The second kappa shape index (κ2) is 33.0. The van der Waals surface area contributed by atoms with Crippen LogP contribution in [-0.2, 0) is 19.1 Å². The molecule has 0 aliphatic rings. The minimum absolute atomic E-state index is 0.439. The van der Waals surface area contributed by atoms with Crippen molar-refractivity contribution in [2.75, 3.05) is 0 Å². The first-order valence-electron chi connectivity index (χ1n) is 20.4. The summed E-state index contributed by atoms with van der Waals surface area (Å²) in [4.78, 5) is 25.3. The molecule has 0 radical (unpaired) electrons. The fraction of sp³-hybridized carbons (Fsp3) is 0.950. The first-order chi connectivity index (χ1) is 23.1. The Labute approximate surface area is 296 Å². The van der Waals surface area contributed by atoms with Gasteiger partial charge < -0.3 is 31.2 Å². The quantitative estimate of drug-likeness (QED) is 0.0382. The van der Waals surface area contributed by atoms with Crippen LogP contribution in [-0.4, -0.2) is 58.7 Å². The lowest BCUT2D eigenvalue weighted by Gasteiger charge is -2.26. The lowest BCUT2D eigenvalue weighted by atomic mass is 10.0. The second-order valence-electron chi connectivity index (χ2n) is 14.6. The van der Waals surface area contributed by atoms with Gasteiger partial charge in [0.2, 0.25) is 0 Å². The van der Waals surface area contributed by atoms with Gasteiger partial charge in [-0.25, -0.2) is 9.59 Å². The number of ether oxygens (including phenoxy) is 2. The van der Waals surface area contributed by atoms with E-state index in [-0.39, 0.29) is 0 Å². The van der Waals surface area contributed by atoms with Crippen LogP contribution in [0.25, 0.3) is 0 Å². The Morgan fingerprint density at radius 2 is 0.646 bits per heavy atom. The average Bonchev–Trinajstić information content (AvgIpc) is 3.06. The van der Waals surface area contributed by atoms with Crippen molar-refractivity contribution < 1.29 is 29.3 Å². The predicted octanol–water partition coefficient (Wildman–Crippen LogP) is 9.19.